The van der Waals surface area contributed by atoms with E-state index in [0.717, 1.165) is 0 Å². The number of halogens is 1. The molecule has 0 aliphatic rings. The van der Waals surface area contributed by atoms with Crippen molar-refractivity contribution in [1.82, 2.24) is 5.32 Å². The highest BCUT2D eigenvalue weighted by Crippen LogP contribution is 2.21. The standard InChI is InChI=1S/C15H20FNO4/c1-15(2,3)12(8-14(19)20)17-13(18)9-21-11-6-4-5-10(16)7-11/h4-7,12H,8-9H2,1-3H3,(H,17,18)(H,19,20). The van der Waals surface area contributed by atoms with Crippen molar-refractivity contribution < 1.29 is 23.8 Å². The van der Waals surface area contributed by atoms with Crippen LogP contribution in [-0.2, 0) is 9.59 Å². The number of rotatable bonds is 6. The van der Waals surface area contributed by atoms with Crippen LogP contribution >= 0.6 is 0 Å². The third kappa shape index (κ3) is 6.25. The van der Waals surface area contributed by atoms with Crippen molar-refractivity contribution in [2.24, 2.45) is 5.41 Å². The molecule has 0 bridgehead atoms. The molecule has 0 spiro atoms. The minimum Gasteiger partial charge on any atom is -0.484 e. The number of ether oxygens (including phenoxy) is 1. The van der Waals surface area contributed by atoms with Gasteiger partial charge in [0.2, 0.25) is 0 Å². The molecular formula is C15H20FNO4. The van der Waals surface area contributed by atoms with E-state index in [9.17, 15) is 14.0 Å². The highest BCUT2D eigenvalue weighted by molar-refractivity contribution is 5.79. The van der Waals surface area contributed by atoms with Gasteiger partial charge in [-0.2, -0.15) is 0 Å². The second-order valence-corrected chi connectivity index (χ2v) is 5.83. The van der Waals surface area contributed by atoms with Crippen molar-refractivity contribution >= 4 is 11.9 Å². The second-order valence-electron chi connectivity index (χ2n) is 5.83. The summed E-state index contributed by atoms with van der Waals surface area (Å²) in [6.45, 7) is 5.23. The summed E-state index contributed by atoms with van der Waals surface area (Å²) < 4.78 is 18.1. The van der Waals surface area contributed by atoms with Crippen LogP contribution in [0.5, 0.6) is 5.75 Å². The van der Waals surface area contributed by atoms with E-state index in [1.807, 2.05) is 20.8 Å². The number of amides is 1. The molecule has 6 heteroatoms. The highest BCUT2D eigenvalue weighted by Gasteiger charge is 2.28. The number of aliphatic carboxylic acids is 1. The van der Waals surface area contributed by atoms with Gasteiger partial charge in [0.05, 0.1) is 6.42 Å². The minimum atomic E-state index is -0.985. The predicted octanol–water partition coefficient (Wildman–Crippen LogP) is 2.21. The van der Waals surface area contributed by atoms with Crippen molar-refractivity contribution in [3.8, 4) is 5.75 Å². The van der Waals surface area contributed by atoms with Crippen LogP contribution in [0.3, 0.4) is 0 Å². The molecule has 0 saturated carbocycles. The van der Waals surface area contributed by atoms with Gasteiger partial charge in [0.15, 0.2) is 6.61 Å². The molecule has 21 heavy (non-hydrogen) atoms. The van der Waals surface area contributed by atoms with Gasteiger partial charge in [-0.15, -0.1) is 0 Å². The van der Waals surface area contributed by atoms with Gasteiger partial charge in [0.1, 0.15) is 11.6 Å². The molecule has 1 rings (SSSR count). The molecular weight excluding hydrogens is 277 g/mol. The lowest BCUT2D eigenvalue weighted by atomic mass is 9.85. The summed E-state index contributed by atoms with van der Waals surface area (Å²) in [6, 6.07) is 4.94. The number of hydrogen-bond donors (Lipinski definition) is 2. The summed E-state index contributed by atoms with van der Waals surface area (Å²) in [4.78, 5) is 22.6. The molecule has 1 aromatic rings. The fourth-order valence-electron chi connectivity index (χ4n) is 1.69. The highest BCUT2D eigenvalue weighted by atomic mass is 19.1. The van der Waals surface area contributed by atoms with Crippen molar-refractivity contribution in [2.75, 3.05) is 6.61 Å². The van der Waals surface area contributed by atoms with Gasteiger partial charge in [0, 0.05) is 12.1 Å². The van der Waals surface area contributed by atoms with Crippen LogP contribution in [0, 0.1) is 11.2 Å². The van der Waals surface area contributed by atoms with Crippen LogP contribution in [0.15, 0.2) is 24.3 Å². The smallest absolute Gasteiger partial charge is 0.305 e. The molecule has 1 aromatic carbocycles. The van der Waals surface area contributed by atoms with Crippen LogP contribution in [-0.4, -0.2) is 29.6 Å². The SMILES string of the molecule is CC(C)(C)C(CC(=O)O)NC(=O)COc1cccc(F)c1. The zero-order valence-corrected chi connectivity index (χ0v) is 12.4. The minimum absolute atomic E-state index is 0.171. The summed E-state index contributed by atoms with van der Waals surface area (Å²) >= 11 is 0. The fourth-order valence-corrected chi connectivity index (χ4v) is 1.69. The Hall–Kier alpha value is -2.11. The van der Waals surface area contributed by atoms with Crippen LogP contribution < -0.4 is 10.1 Å². The predicted molar refractivity (Wildman–Crippen MR) is 75.5 cm³/mol. The third-order valence-electron chi connectivity index (χ3n) is 2.93. The Morgan fingerprint density at radius 1 is 1.38 bits per heavy atom. The molecule has 2 N–H and O–H groups in total. The molecule has 1 unspecified atom stereocenters. The Labute approximate surface area is 123 Å². The number of benzene rings is 1. The Morgan fingerprint density at radius 2 is 2.05 bits per heavy atom. The molecule has 1 atom stereocenters. The third-order valence-corrected chi connectivity index (χ3v) is 2.93. The van der Waals surface area contributed by atoms with Gasteiger partial charge in [-0.3, -0.25) is 9.59 Å². The number of carboxylic acids is 1. The van der Waals surface area contributed by atoms with Gasteiger partial charge in [0.25, 0.3) is 5.91 Å². The molecule has 0 aliphatic carbocycles. The summed E-state index contributed by atoms with van der Waals surface area (Å²) in [5.41, 5.74) is -0.396. The lowest BCUT2D eigenvalue weighted by Gasteiger charge is -2.30. The van der Waals surface area contributed by atoms with E-state index in [0.29, 0.717) is 0 Å². The van der Waals surface area contributed by atoms with Gasteiger partial charge < -0.3 is 15.2 Å². The number of carbonyl (C=O) groups excluding carboxylic acids is 1. The first kappa shape index (κ1) is 16.9. The quantitative estimate of drug-likeness (QED) is 0.844. The molecule has 0 fully saturated rings. The summed E-state index contributed by atoms with van der Waals surface area (Å²) in [5.74, 6) is -1.64. The van der Waals surface area contributed by atoms with Crippen molar-refractivity contribution in [3.63, 3.8) is 0 Å². The largest absolute Gasteiger partial charge is 0.484 e. The first-order valence-electron chi connectivity index (χ1n) is 6.58. The Bertz CT molecular complexity index is 511. The topological polar surface area (TPSA) is 75.6 Å². The lowest BCUT2D eigenvalue weighted by Crippen LogP contribution is -2.46. The van der Waals surface area contributed by atoms with E-state index in [1.54, 1.807) is 0 Å². The van der Waals surface area contributed by atoms with Gasteiger partial charge in [-0.05, 0) is 17.5 Å². The summed E-state index contributed by atoms with van der Waals surface area (Å²) in [7, 11) is 0. The zero-order chi connectivity index (χ0) is 16.0. The van der Waals surface area contributed by atoms with Crippen LogP contribution in [0.4, 0.5) is 4.39 Å². The van der Waals surface area contributed by atoms with Crippen molar-refractivity contribution in [1.29, 1.82) is 0 Å². The van der Waals surface area contributed by atoms with E-state index >= 15 is 0 Å². The van der Waals surface area contributed by atoms with E-state index in [1.165, 1.54) is 24.3 Å². The van der Waals surface area contributed by atoms with E-state index in [4.69, 9.17) is 9.84 Å². The molecule has 0 saturated heterocycles. The normalized spacial score (nSPS) is 12.6. The van der Waals surface area contributed by atoms with Crippen LogP contribution in [0.1, 0.15) is 27.2 Å². The zero-order valence-electron chi connectivity index (χ0n) is 12.4. The molecule has 5 nitrogen and oxygen atoms in total. The monoisotopic (exact) mass is 297 g/mol. The van der Waals surface area contributed by atoms with Crippen LogP contribution in [0.2, 0.25) is 0 Å². The maximum absolute atomic E-state index is 13.0. The average Bonchev–Trinajstić information content (AvgIpc) is 2.34. The number of carboxylic acid groups (broad SMARTS) is 1. The summed E-state index contributed by atoms with van der Waals surface area (Å²) in [6.07, 6.45) is -0.171. The molecule has 1 amide bonds. The number of nitrogens with one attached hydrogen (secondary N) is 1. The Morgan fingerprint density at radius 3 is 2.57 bits per heavy atom. The lowest BCUT2D eigenvalue weighted by molar-refractivity contribution is -0.138. The molecule has 116 valence electrons. The molecule has 0 radical (unpaired) electrons. The first-order chi connectivity index (χ1) is 9.68. The van der Waals surface area contributed by atoms with Gasteiger partial charge >= 0.3 is 5.97 Å². The van der Waals surface area contributed by atoms with E-state index in [2.05, 4.69) is 5.32 Å². The molecule has 0 aromatic heterocycles. The van der Waals surface area contributed by atoms with Gasteiger partial charge in [-0.1, -0.05) is 26.8 Å². The van der Waals surface area contributed by atoms with Crippen molar-refractivity contribution in [2.45, 2.75) is 33.2 Å². The maximum atomic E-state index is 13.0. The van der Waals surface area contributed by atoms with Crippen LogP contribution in [0.25, 0.3) is 0 Å². The summed E-state index contributed by atoms with van der Waals surface area (Å²) in [5, 5.41) is 11.5. The molecule has 0 heterocycles. The van der Waals surface area contributed by atoms with E-state index in [-0.39, 0.29) is 18.8 Å². The average molecular weight is 297 g/mol. The number of hydrogen-bond acceptors (Lipinski definition) is 3. The maximum Gasteiger partial charge on any atom is 0.305 e. The second kappa shape index (κ2) is 7.06. The fraction of sp³-hybridized carbons (Fsp3) is 0.467. The van der Waals surface area contributed by atoms with E-state index < -0.39 is 29.2 Å². The van der Waals surface area contributed by atoms with Gasteiger partial charge in [-0.25, -0.2) is 4.39 Å². The van der Waals surface area contributed by atoms with Crippen molar-refractivity contribution in [3.05, 3.63) is 30.1 Å². The Kier molecular flexibility index (Phi) is 5.69. The molecule has 0 aliphatic heterocycles. The number of carbonyl (C=O) groups is 2. The Balaban J connectivity index is 2.56. The first-order valence-corrected chi connectivity index (χ1v) is 6.58.